The van der Waals surface area contributed by atoms with Gasteiger partial charge in [0.2, 0.25) is 0 Å². The Bertz CT molecular complexity index is 207. The predicted molar refractivity (Wildman–Crippen MR) is 59.2 cm³/mol. The van der Waals surface area contributed by atoms with Crippen LogP contribution in [0, 0.1) is 0 Å². The molecule has 0 aliphatic heterocycles. The molecule has 15 heavy (non-hydrogen) atoms. The van der Waals surface area contributed by atoms with Gasteiger partial charge in [-0.05, 0) is 13.3 Å². The third-order valence-electron chi connectivity index (χ3n) is 2.07. The average Bonchev–Trinajstić information content (AvgIpc) is 2.26. The van der Waals surface area contributed by atoms with Gasteiger partial charge in [0.1, 0.15) is 0 Å². The first-order valence-electron chi connectivity index (χ1n) is 5.44. The highest BCUT2D eigenvalue weighted by Crippen LogP contribution is 1.95. The Balaban J connectivity index is 4.06. The molecule has 88 valence electrons. The number of hydrogen-bond donors (Lipinski definition) is 2. The lowest BCUT2D eigenvalue weighted by Gasteiger charge is -2.19. The largest absolute Gasteiger partial charge is 0.347 e. The third kappa shape index (κ3) is 5.37. The topological polar surface area (TPSA) is 75.4 Å². The van der Waals surface area contributed by atoms with E-state index >= 15 is 0 Å². The first-order valence-corrected chi connectivity index (χ1v) is 5.44. The Hall–Kier alpha value is -1.10. The number of carbonyl (C=O) groups is 2. The average molecular weight is 215 g/mol. The second-order valence-electron chi connectivity index (χ2n) is 3.28. The van der Waals surface area contributed by atoms with Gasteiger partial charge in [0.15, 0.2) is 0 Å². The van der Waals surface area contributed by atoms with E-state index < -0.39 is 11.8 Å². The van der Waals surface area contributed by atoms with Crippen molar-refractivity contribution in [3.8, 4) is 0 Å². The quantitative estimate of drug-likeness (QED) is 0.598. The van der Waals surface area contributed by atoms with Gasteiger partial charge in [-0.3, -0.25) is 9.59 Å². The van der Waals surface area contributed by atoms with Gasteiger partial charge in [0.05, 0.1) is 0 Å². The number of nitrogens with zero attached hydrogens (tertiary/aromatic N) is 1. The standard InChI is InChI=1S/C10H21N3O2/c1-3-5-8-13(4-2)10(15)9(14)12-7-6-11/h3-8,11H2,1-2H3,(H,12,14). The van der Waals surface area contributed by atoms with E-state index in [-0.39, 0.29) is 0 Å². The van der Waals surface area contributed by atoms with Crippen molar-refractivity contribution in [1.82, 2.24) is 10.2 Å². The molecule has 0 saturated carbocycles. The van der Waals surface area contributed by atoms with Crippen LogP contribution in [0.3, 0.4) is 0 Å². The zero-order chi connectivity index (χ0) is 11.7. The number of hydrogen-bond acceptors (Lipinski definition) is 3. The Labute approximate surface area is 91.0 Å². The maximum Gasteiger partial charge on any atom is 0.311 e. The summed E-state index contributed by atoms with van der Waals surface area (Å²) in [5.41, 5.74) is 5.23. The van der Waals surface area contributed by atoms with Crippen LogP contribution in [0.25, 0.3) is 0 Å². The zero-order valence-electron chi connectivity index (χ0n) is 9.58. The van der Waals surface area contributed by atoms with Crippen molar-refractivity contribution < 1.29 is 9.59 Å². The molecule has 0 aliphatic carbocycles. The smallest absolute Gasteiger partial charge is 0.311 e. The number of likely N-dealkylation sites (N-methyl/N-ethyl adjacent to an activating group) is 1. The lowest BCUT2D eigenvalue weighted by atomic mass is 10.3. The van der Waals surface area contributed by atoms with Gasteiger partial charge in [0.25, 0.3) is 0 Å². The molecule has 0 saturated heterocycles. The van der Waals surface area contributed by atoms with Crippen LogP contribution in [0.4, 0.5) is 0 Å². The molecular formula is C10H21N3O2. The third-order valence-corrected chi connectivity index (χ3v) is 2.07. The summed E-state index contributed by atoms with van der Waals surface area (Å²) in [5, 5.41) is 2.47. The summed E-state index contributed by atoms with van der Waals surface area (Å²) >= 11 is 0. The minimum atomic E-state index is -0.557. The van der Waals surface area contributed by atoms with Gasteiger partial charge in [-0.15, -0.1) is 0 Å². The van der Waals surface area contributed by atoms with E-state index in [2.05, 4.69) is 5.32 Å². The van der Waals surface area contributed by atoms with Crippen LogP contribution in [0.15, 0.2) is 0 Å². The van der Waals surface area contributed by atoms with Gasteiger partial charge < -0.3 is 16.0 Å². The molecule has 0 rings (SSSR count). The lowest BCUT2D eigenvalue weighted by Crippen LogP contribution is -2.44. The minimum absolute atomic E-state index is 0.343. The van der Waals surface area contributed by atoms with Crippen LogP contribution in [-0.2, 0) is 9.59 Å². The monoisotopic (exact) mass is 215 g/mol. The Morgan fingerprint density at radius 3 is 2.47 bits per heavy atom. The van der Waals surface area contributed by atoms with Gasteiger partial charge >= 0.3 is 11.8 Å². The summed E-state index contributed by atoms with van der Waals surface area (Å²) < 4.78 is 0. The van der Waals surface area contributed by atoms with Crippen LogP contribution in [0.5, 0.6) is 0 Å². The number of nitrogens with one attached hydrogen (secondary N) is 1. The van der Waals surface area contributed by atoms with Crippen molar-refractivity contribution in [3.63, 3.8) is 0 Å². The molecule has 5 heteroatoms. The summed E-state index contributed by atoms with van der Waals surface area (Å²) in [7, 11) is 0. The maximum atomic E-state index is 11.6. The van der Waals surface area contributed by atoms with Gasteiger partial charge in [-0.2, -0.15) is 0 Å². The molecule has 0 heterocycles. The Morgan fingerprint density at radius 2 is 2.00 bits per heavy atom. The highest BCUT2D eigenvalue weighted by atomic mass is 16.2. The van der Waals surface area contributed by atoms with Gasteiger partial charge in [0, 0.05) is 26.2 Å². The highest BCUT2D eigenvalue weighted by Gasteiger charge is 2.18. The van der Waals surface area contributed by atoms with E-state index in [4.69, 9.17) is 5.73 Å². The number of nitrogens with two attached hydrogens (primary N) is 1. The first-order chi connectivity index (χ1) is 7.17. The van der Waals surface area contributed by atoms with E-state index in [1.807, 2.05) is 13.8 Å². The number of carbonyl (C=O) groups excluding carboxylic acids is 2. The normalized spacial score (nSPS) is 9.80. The van der Waals surface area contributed by atoms with Crippen molar-refractivity contribution in [2.75, 3.05) is 26.2 Å². The SMILES string of the molecule is CCCCN(CC)C(=O)C(=O)NCCN. The molecule has 0 fully saturated rings. The molecule has 0 aromatic heterocycles. The van der Waals surface area contributed by atoms with Gasteiger partial charge in [-0.25, -0.2) is 0 Å². The predicted octanol–water partition coefficient (Wildman–Crippen LogP) is -0.290. The van der Waals surface area contributed by atoms with E-state index in [1.54, 1.807) is 4.90 Å². The van der Waals surface area contributed by atoms with Crippen LogP contribution in [0.1, 0.15) is 26.7 Å². The van der Waals surface area contributed by atoms with Crippen molar-refractivity contribution in [1.29, 1.82) is 0 Å². The van der Waals surface area contributed by atoms with Crippen LogP contribution in [-0.4, -0.2) is 42.9 Å². The molecule has 0 aromatic rings. The Kier molecular flexibility index (Phi) is 7.62. The zero-order valence-corrected chi connectivity index (χ0v) is 9.58. The fourth-order valence-electron chi connectivity index (χ4n) is 1.16. The summed E-state index contributed by atoms with van der Waals surface area (Å²) in [4.78, 5) is 24.4. The van der Waals surface area contributed by atoms with E-state index in [9.17, 15) is 9.59 Å². The summed E-state index contributed by atoms with van der Waals surface area (Å²) in [6.07, 6.45) is 1.93. The van der Waals surface area contributed by atoms with E-state index in [0.717, 1.165) is 12.8 Å². The minimum Gasteiger partial charge on any atom is -0.347 e. The van der Waals surface area contributed by atoms with E-state index in [1.165, 1.54) is 0 Å². The molecule has 0 radical (unpaired) electrons. The number of unbranched alkanes of at least 4 members (excludes halogenated alkanes) is 1. The second-order valence-corrected chi connectivity index (χ2v) is 3.28. The van der Waals surface area contributed by atoms with Crippen LogP contribution >= 0.6 is 0 Å². The molecule has 0 unspecified atom stereocenters. The summed E-state index contributed by atoms with van der Waals surface area (Å²) in [6, 6.07) is 0. The van der Waals surface area contributed by atoms with Gasteiger partial charge in [-0.1, -0.05) is 13.3 Å². The molecule has 0 atom stereocenters. The molecule has 0 bridgehead atoms. The van der Waals surface area contributed by atoms with Crippen molar-refractivity contribution in [2.45, 2.75) is 26.7 Å². The lowest BCUT2D eigenvalue weighted by molar-refractivity contribution is -0.145. The first kappa shape index (κ1) is 13.9. The molecule has 0 aromatic carbocycles. The van der Waals surface area contributed by atoms with Crippen molar-refractivity contribution in [3.05, 3.63) is 0 Å². The molecular weight excluding hydrogens is 194 g/mol. The van der Waals surface area contributed by atoms with Crippen LogP contribution < -0.4 is 11.1 Å². The fraction of sp³-hybridized carbons (Fsp3) is 0.800. The molecule has 5 nitrogen and oxygen atoms in total. The maximum absolute atomic E-state index is 11.6. The highest BCUT2D eigenvalue weighted by molar-refractivity contribution is 6.34. The molecule has 0 spiro atoms. The summed E-state index contributed by atoms with van der Waals surface area (Å²) in [6.45, 7) is 5.81. The molecule has 2 amide bonds. The fourth-order valence-corrected chi connectivity index (χ4v) is 1.16. The van der Waals surface area contributed by atoms with Crippen molar-refractivity contribution in [2.24, 2.45) is 5.73 Å². The second kappa shape index (κ2) is 8.23. The number of rotatable bonds is 6. The van der Waals surface area contributed by atoms with E-state index in [0.29, 0.717) is 26.2 Å². The molecule has 3 N–H and O–H groups in total. The molecule has 0 aliphatic rings. The van der Waals surface area contributed by atoms with Crippen LogP contribution in [0.2, 0.25) is 0 Å². The number of amides is 2. The summed E-state index contributed by atoms with van der Waals surface area (Å²) in [5.74, 6) is -1.02. The van der Waals surface area contributed by atoms with Crippen molar-refractivity contribution >= 4 is 11.8 Å². The Morgan fingerprint density at radius 1 is 1.33 bits per heavy atom.